The highest BCUT2D eigenvalue weighted by Gasteiger charge is 2.37. The fourth-order valence-corrected chi connectivity index (χ4v) is 5.02. The van der Waals surface area contributed by atoms with Crippen molar-refractivity contribution in [2.45, 2.75) is 43.7 Å². The normalized spacial score (nSPS) is 15.2. The number of carboxylic acids is 1. The molecule has 2 amide bonds. The van der Waals surface area contributed by atoms with Gasteiger partial charge in [-0.1, -0.05) is 48.5 Å². The first-order chi connectivity index (χ1) is 16.5. The largest absolute Gasteiger partial charge is 0.481 e. The van der Waals surface area contributed by atoms with Gasteiger partial charge in [0.15, 0.2) is 0 Å². The van der Waals surface area contributed by atoms with Crippen molar-refractivity contribution >= 4 is 29.7 Å². The van der Waals surface area contributed by atoms with E-state index in [1.54, 1.807) is 16.7 Å². The van der Waals surface area contributed by atoms with E-state index < -0.39 is 18.1 Å². The molecule has 7 nitrogen and oxygen atoms in total. The molecule has 0 heterocycles. The second-order valence-corrected chi connectivity index (χ2v) is 9.70. The monoisotopic (exact) mass is 482 g/mol. The summed E-state index contributed by atoms with van der Waals surface area (Å²) in [6.45, 7) is 0.329. The van der Waals surface area contributed by atoms with Crippen molar-refractivity contribution in [3.63, 3.8) is 0 Å². The van der Waals surface area contributed by atoms with Gasteiger partial charge in [0.2, 0.25) is 5.91 Å². The average molecular weight is 483 g/mol. The zero-order chi connectivity index (χ0) is 24.1. The summed E-state index contributed by atoms with van der Waals surface area (Å²) in [5.41, 5.74) is 4.55. The van der Waals surface area contributed by atoms with E-state index in [-0.39, 0.29) is 37.4 Å². The molecule has 0 aliphatic heterocycles. The lowest BCUT2D eigenvalue weighted by atomic mass is 9.98. The summed E-state index contributed by atoms with van der Waals surface area (Å²) in [7, 11) is 0. The molecule has 2 aromatic rings. The number of carboxylic acid groups (broad SMARTS) is 1. The molecule has 2 aliphatic carbocycles. The Hall–Kier alpha value is -3.00. The SMILES string of the molecule is CSCC[C@H](NC(=O)OCC1c2ccccc2-c2ccccc21)C(=O)N(CCC(=O)O)C1CC1. The van der Waals surface area contributed by atoms with Crippen LogP contribution in [0.2, 0.25) is 0 Å². The minimum Gasteiger partial charge on any atom is -0.481 e. The lowest BCUT2D eigenvalue weighted by molar-refractivity contribution is -0.139. The summed E-state index contributed by atoms with van der Waals surface area (Å²) in [6.07, 6.45) is 3.40. The van der Waals surface area contributed by atoms with Crippen molar-refractivity contribution in [1.82, 2.24) is 10.2 Å². The van der Waals surface area contributed by atoms with E-state index in [9.17, 15) is 14.4 Å². The first-order valence-electron chi connectivity index (χ1n) is 11.6. The Kier molecular flexibility index (Phi) is 7.77. The van der Waals surface area contributed by atoms with Gasteiger partial charge in [-0.3, -0.25) is 9.59 Å². The number of nitrogens with one attached hydrogen (secondary N) is 1. The Morgan fingerprint density at radius 2 is 1.71 bits per heavy atom. The molecule has 0 aromatic heterocycles. The molecule has 0 spiro atoms. The molecule has 34 heavy (non-hydrogen) atoms. The maximum Gasteiger partial charge on any atom is 0.407 e. The van der Waals surface area contributed by atoms with Gasteiger partial charge in [-0.05, 0) is 53.5 Å². The maximum atomic E-state index is 13.2. The molecule has 2 aromatic carbocycles. The van der Waals surface area contributed by atoms with Crippen LogP contribution in [0.15, 0.2) is 48.5 Å². The minimum atomic E-state index is -0.941. The second-order valence-electron chi connectivity index (χ2n) is 8.71. The van der Waals surface area contributed by atoms with Crippen LogP contribution in [0, 0.1) is 0 Å². The van der Waals surface area contributed by atoms with Gasteiger partial charge in [0.25, 0.3) is 0 Å². The molecule has 1 fully saturated rings. The van der Waals surface area contributed by atoms with Crippen LogP contribution >= 0.6 is 11.8 Å². The Morgan fingerprint density at radius 1 is 1.09 bits per heavy atom. The number of nitrogens with zero attached hydrogens (tertiary/aromatic N) is 1. The molecular formula is C26H30N2O5S. The number of fused-ring (bicyclic) bond motifs is 3. The zero-order valence-electron chi connectivity index (χ0n) is 19.2. The van der Waals surface area contributed by atoms with Crippen LogP contribution in [-0.4, -0.2) is 65.2 Å². The summed E-state index contributed by atoms with van der Waals surface area (Å²) in [6, 6.07) is 15.6. The number of alkyl carbamates (subject to hydrolysis) is 1. The van der Waals surface area contributed by atoms with Crippen molar-refractivity contribution in [2.24, 2.45) is 0 Å². The number of carbonyl (C=O) groups excluding carboxylic acids is 2. The molecule has 1 saturated carbocycles. The Balaban J connectivity index is 1.41. The number of benzene rings is 2. The summed E-state index contributed by atoms with van der Waals surface area (Å²) in [5, 5.41) is 11.8. The Labute approximate surface area is 203 Å². The van der Waals surface area contributed by atoms with Crippen molar-refractivity contribution in [2.75, 3.05) is 25.2 Å². The molecule has 180 valence electrons. The highest BCUT2D eigenvalue weighted by Crippen LogP contribution is 2.44. The van der Waals surface area contributed by atoms with E-state index in [0.29, 0.717) is 12.2 Å². The van der Waals surface area contributed by atoms with Crippen molar-refractivity contribution in [3.8, 4) is 11.1 Å². The average Bonchev–Trinajstić information content (AvgIpc) is 3.62. The van der Waals surface area contributed by atoms with E-state index >= 15 is 0 Å². The topological polar surface area (TPSA) is 95.9 Å². The van der Waals surface area contributed by atoms with Crippen molar-refractivity contribution < 1.29 is 24.2 Å². The number of rotatable bonds is 11. The summed E-state index contributed by atoms with van der Waals surface area (Å²) < 4.78 is 5.63. The smallest absolute Gasteiger partial charge is 0.407 e. The molecule has 4 rings (SSSR count). The van der Waals surface area contributed by atoms with Crippen molar-refractivity contribution in [1.29, 1.82) is 0 Å². The highest BCUT2D eigenvalue weighted by atomic mass is 32.2. The molecule has 0 unspecified atom stereocenters. The zero-order valence-corrected chi connectivity index (χ0v) is 20.1. The van der Waals surface area contributed by atoms with Gasteiger partial charge < -0.3 is 20.1 Å². The predicted octanol–water partition coefficient (Wildman–Crippen LogP) is 4.11. The van der Waals surface area contributed by atoms with Gasteiger partial charge in [0, 0.05) is 18.5 Å². The maximum absolute atomic E-state index is 13.2. The highest BCUT2D eigenvalue weighted by molar-refractivity contribution is 7.98. The summed E-state index contributed by atoms with van der Waals surface area (Å²) >= 11 is 1.59. The van der Waals surface area contributed by atoms with Crippen LogP contribution in [0.5, 0.6) is 0 Å². The molecule has 1 atom stereocenters. The molecule has 0 bridgehead atoms. The quantitative estimate of drug-likeness (QED) is 0.500. The van der Waals surface area contributed by atoms with Crippen LogP contribution in [0.25, 0.3) is 11.1 Å². The number of hydrogen-bond acceptors (Lipinski definition) is 5. The van der Waals surface area contributed by atoms with Gasteiger partial charge in [-0.2, -0.15) is 11.8 Å². The van der Waals surface area contributed by atoms with E-state index in [2.05, 4.69) is 29.6 Å². The van der Waals surface area contributed by atoms with Gasteiger partial charge in [0.05, 0.1) is 6.42 Å². The number of aliphatic carboxylic acids is 1. The van der Waals surface area contributed by atoms with E-state index in [0.717, 1.165) is 35.1 Å². The number of thioether (sulfide) groups is 1. The van der Waals surface area contributed by atoms with Crippen LogP contribution in [0.3, 0.4) is 0 Å². The second kappa shape index (κ2) is 11.0. The number of amides is 2. The molecular weight excluding hydrogens is 452 g/mol. The lowest BCUT2D eigenvalue weighted by Crippen LogP contribution is -2.50. The van der Waals surface area contributed by atoms with Gasteiger partial charge in [-0.25, -0.2) is 4.79 Å². The summed E-state index contributed by atoms with van der Waals surface area (Å²) in [5.74, 6) is -0.538. The first-order valence-corrected chi connectivity index (χ1v) is 13.0. The van der Waals surface area contributed by atoms with Crippen LogP contribution in [0.4, 0.5) is 4.79 Å². The van der Waals surface area contributed by atoms with Crippen LogP contribution in [0.1, 0.15) is 42.7 Å². The standard InChI is InChI=1S/C26H30N2O5S/c1-34-15-13-23(25(31)28(17-10-11-17)14-12-24(29)30)27-26(32)33-16-22-20-8-4-2-6-18(20)19-7-3-5-9-21(19)22/h2-9,17,22-23H,10-16H2,1H3,(H,27,32)(H,29,30)/t23-/m0/s1. The predicted molar refractivity (Wildman–Crippen MR) is 132 cm³/mol. The van der Waals surface area contributed by atoms with Crippen molar-refractivity contribution in [3.05, 3.63) is 59.7 Å². The number of ether oxygens (including phenoxy) is 1. The molecule has 8 heteroatoms. The van der Waals surface area contributed by atoms with E-state index in [4.69, 9.17) is 9.84 Å². The molecule has 2 aliphatic rings. The van der Waals surface area contributed by atoms with E-state index in [1.807, 2.05) is 30.5 Å². The summed E-state index contributed by atoms with van der Waals surface area (Å²) in [4.78, 5) is 38.6. The Bertz CT molecular complexity index is 1010. The third-order valence-corrected chi connectivity index (χ3v) is 7.03. The molecule has 0 saturated heterocycles. The third kappa shape index (κ3) is 5.55. The molecule has 2 N–H and O–H groups in total. The minimum absolute atomic E-state index is 0.0583. The number of hydrogen-bond donors (Lipinski definition) is 2. The van der Waals surface area contributed by atoms with E-state index in [1.165, 1.54) is 0 Å². The Morgan fingerprint density at radius 3 is 2.26 bits per heavy atom. The fourth-order valence-electron chi connectivity index (χ4n) is 4.55. The lowest BCUT2D eigenvalue weighted by Gasteiger charge is -2.27. The number of carbonyl (C=O) groups is 3. The fraction of sp³-hybridized carbons (Fsp3) is 0.423. The van der Waals surface area contributed by atoms with Gasteiger partial charge in [-0.15, -0.1) is 0 Å². The van der Waals surface area contributed by atoms with Crippen LogP contribution < -0.4 is 5.32 Å². The van der Waals surface area contributed by atoms with Gasteiger partial charge >= 0.3 is 12.1 Å². The van der Waals surface area contributed by atoms with Crippen LogP contribution in [-0.2, 0) is 14.3 Å². The van der Waals surface area contributed by atoms with Gasteiger partial charge in [0.1, 0.15) is 12.6 Å². The third-order valence-electron chi connectivity index (χ3n) is 6.38. The molecule has 0 radical (unpaired) electrons. The first kappa shape index (κ1) is 24.1.